The number of hydrogen-bond donors (Lipinski definition) is 1. The van der Waals surface area contributed by atoms with Crippen LogP contribution < -0.4 is 14.8 Å². The van der Waals surface area contributed by atoms with Gasteiger partial charge in [0.2, 0.25) is 11.8 Å². The first-order chi connectivity index (χ1) is 12.5. The number of likely N-dealkylation sites (N-methyl/N-ethyl adjacent to an activating group) is 1. The third-order valence-electron chi connectivity index (χ3n) is 4.86. The van der Waals surface area contributed by atoms with Gasteiger partial charge in [0.15, 0.2) is 0 Å². The lowest BCUT2D eigenvalue weighted by atomic mass is 10.0. The van der Waals surface area contributed by atoms with E-state index in [0.717, 1.165) is 19.5 Å². The molecular formula is C19H25FN4O2. The van der Waals surface area contributed by atoms with Gasteiger partial charge in [0.05, 0.1) is 25.5 Å². The molecule has 1 N–H and O–H groups in total. The molecule has 0 saturated carbocycles. The predicted molar refractivity (Wildman–Crippen MR) is 99.4 cm³/mol. The molecule has 0 amide bonds. The van der Waals surface area contributed by atoms with Crippen molar-refractivity contribution in [2.24, 2.45) is 0 Å². The second kappa shape index (κ2) is 7.86. The van der Waals surface area contributed by atoms with Gasteiger partial charge < -0.3 is 19.7 Å². The molecule has 1 atom stereocenters. The molecule has 1 aliphatic heterocycles. The Bertz CT molecular complexity index is 784. The van der Waals surface area contributed by atoms with Crippen molar-refractivity contribution in [1.29, 1.82) is 0 Å². The van der Waals surface area contributed by atoms with E-state index in [-0.39, 0.29) is 0 Å². The zero-order chi connectivity index (χ0) is 18.7. The van der Waals surface area contributed by atoms with Crippen molar-refractivity contribution >= 4 is 5.95 Å². The van der Waals surface area contributed by atoms with Crippen LogP contribution in [0.15, 0.2) is 18.2 Å². The van der Waals surface area contributed by atoms with Gasteiger partial charge in [-0.1, -0.05) is 0 Å². The Morgan fingerprint density at radius 1 is 1.27 bits per heavy atom. The molecule has 1 aromatic carbocycles. The Morgan fingerprint density at radius 3 is 2.69 bits per heavy atom. The molecule has 0 radical (unpaired) electrons. The highest BCUT2D eigenvalue weighted by Gasteiger charge is 2.22. The Balaban J connectivity index is 1.87. The van der Waals surface area contributed by atoms with E-state index >= 15 is 0 Å². The minimum atomic E-state index is -0.400. The smallest absolute Gasteiger partial charge is 0.226 e. The largest absolute Gasteiger partial charge is 0.497 e. The Hall–Kier alpha value is -2.41. The molecule has 2 aromatic rings. The summed E-state index contributed by atoms with van der Waals surface area (Å²) >= 11 is 0. The van der Waals surface area contributed by atoms with Gasteiger partial charge in [-0.15, -0.1) is 0 Å². The molecule has 140 valence electrons. The van der Waals surface area contributed by atoms with Crippen molar-refractivity contribution < 1.29 is 13.9 Å². The molecule has 1 fully saturated rings. The first kappa shape index (κ1) is 18.4. The van der Waals surface area contributed by atoms with Crippen molar-refractivity contribution in [3.8, 4) is 22.8 Å². The lowest BCUT2D eigenvalue weighted by Crippen LogP contribution is -2.32. The topological polar surface area (TPSA) is 59.5 Å². The maximum atomic E-state index is 14.5. The van der Waals surface area contributed by atoms with E-state index in [0.29, 0.717) is 40.4 Å². The molecule has 1 aliphatic rings. The van der Waals surface area contributed by atoms with Crippen LogP contribution in [0.2, 0.25) is 0 Å². The molecule has 3 rings (SSSR count). The third kappa shape index (κ3) is 3.72. The van der Waals surface area contributed by atoms with Crippen LogP contribution in [-0.4, -0.2) is 55.3 Å². The molecule has 1 unspecified atom stereocenters. The summed E-state index contributed by atoms with van der Waals surface area (Å²) in [5, 5.41) is 3.29. The SMILES string of the molecule is COc1ccc(-c2c(C)nc(NCC3CCCN3C)nc2OC)c(F)c1. The molecule has 7 heteroatoms. The van der Waals surface area contributed by atoms with E-state index < -0.39 is 5.82 Å². The van der Waals surface area contributed by atoms with E-state index in [2.05, 4.69) is 27.2 Å². The van der Waals surface area contributed by atoms with Crippen molar-refractivity contribution in [3.63, 3.8) is 0 Å². The zero-order valence-electron chi connectivity index (χ0n) is 15.7. The number of aromatic nitrogens is 2. The standard InChI is InChI=1S/C19H25FN4O2/c1-12-17(15-8-7-14(25-3)10-16(15)20)18(26-4)23-19(22-12)21-11-13-6-5-9-24(13)2/h7-8,10,13H,5-6,9,11H2,1-4H3,(H,21,22,23). The summed E-state index contributed by atoms with van der Waals surface area (Å²) in [6.07, 6.45) is 2.37. The Kier molecular flexibility index (Phi) is 5.56. The van der Waals surface area contributed by atoms with Gasteiger partial charge in [0.1, 0.15) is 11.6 Å². The van der Waals surface area contributed by atoms with Crippen LogP contribution in [-0.2, 0) is 0 Å². The number of rotatable bonds is 6. The minimum Gasteiger partial charge on any atom is -0.497 e. The number of hydrogen-bond acceptors (Lipinski definition) is 6. The summed E-state index contributed by atoms with van der Waals surface area (Å²) in [7, 11) is 5.16. The molecule has 0 bridgehead atoms. The van der Waals surface area contributed by atoms with E-state index in [1.807, 2.05) is 6.92 Å². The quantitative estimate of drug-likeness (QED) is 0.854. The highest BCUT2D eigenvalue weighted by molar-refractivity contribution is 5.72. The third-order valence-corrected chi connectivity index (χ3v) is 4.86. The molecule has 0 spiro atoms. The monoisotopic (exact) mass is 360 g/mol. The van der Waals surface area contributed by atoms with Crippen LogP contribution >= 0.6 is 0 Å². The molecular weight excluding hydrogens is 335 g/mol. The average Bonchev–Trinajstić information content (AvgIpc) is 3.04. The summed E-state index contributed by atoms with van der Waals surface area (Å²) in [6, 6.07) is 5.18. The molecule has 1 saturated heterocycles. The maximum Gasteiger partial charge on any atom is 0.226 e. The average molecular weight is 360 g/mol. The molecule has 2 heterocycles. The summed E-state index contributed by atoms with van der Waals surface area (Å²) < 4.78 is 25.0. The second-order valence-electron chi connectivity index (χ2n) is 6.52. The van der Waals surface area contributed by atoms with Gasteiger partial charge in [0, 0.05) is 24.2 Å². The summed E-state index contributed by atoms with van der Waals surface area (Å²) in [4.78, 5) is 11.3. The summed E-state index contributed by atoms with van der Waals surface area (Å²) in [5.41, 5.74) is 1.60. The number of nitrogens with one attached hydrogen (secondary N) is 1. The van der Waals surface area contributed by atoms with Crippen LogP contribution in [0.25, 0.3) is 11.1 Å². The van der Waals surface area contributed by atoms with Gasteiger partial charge in [-0.2, -0.15) is 4.98 Å². The number of halogens is 1. The predicted octanol–water partition coefficient (Wildman–Crippen LogP) is 3.11. The van der Waals surface area contributed by atoms with Crippen molar-refractivity contribution in [1.82, 2.24) is 14.9 Å². The van der Waals surface area contributed by atoms with Gasteiger partial charge >= 0.3 is 0 Å². The fraction of sp³-hybridized carbons (Fsp3) is 0.474. The lowest BCUT2D eigenvalue weighted by molar-refractivity contribution is 0.321. The van der Waals surface area contributed by atoms with Crippen molar-refractivity contribution in [3.05, 3.63) is 29.7 Å². The number of aryl methyl sites for hydroxylation is 1. The number of anilines is 1. The van der Waals surface area contributed by atoms with E-state index in [1.54, 1.807) is 12.1 Å². The van der Waals surface area contributed by atoms with Crippen LogP contribution in [0.3, 0.4) is 0 Å². The number of likely N-dealkylation sites (tertiary alicyclic amines) is 1. The van der Waals surface area contributed by atoms with E-state index in [1.165, 1.54) is 26.7 Å². The maximum absolute atomic E-state index is 14.5. The molecule has 6 nitrogen and oxygen atoms in total. The Labute approximate surface area is 153 Å². The number of methoxy groups -OCH3 is 2. The number of ether oxygens (including phenoxy) is 2. The fourth-order valence-electron chi connectivity index (χ4n) is 3.36. The lowest BCUT2D eigenvalue weighted by Gasteiger charge is -2.20. The number of benzene rings is 1. The minimum absolute atomic E-state index is 0.351. The van der Waals surface area contributed by atoms with Crippen LogP contribution in [0.1, 0.15) is 18.5 Å². The summed E-state index contributed by atoms with van der Waals surface area (Å²) in [5.74, 6) is 0.909. The van der Waals surface area contributed by atoms with E-state index in [9.17, 15) is 4.39 Å². The number of nitrogens with zero attached hydrogens (tertiary/aromatic N) is 3. The zero-order valence-corrected chi connectivity index (χ0v) is 15.7. The Morgan fingerprint density at radius 2 is 2.08 bits per heavy atom. The normalized spacial score (nSPS) is 17.3. The van der Waals surface area contributed by atoms with Gasteiger partial charge in [-0.05, 0) is 45.5 Å². The molecule has 26 heavy (non-hydrogen) atoms. The van der Waals surface area contributed by atoms with Crippen LogP contribution in [0, 0.1) is 12.7 Å². The van der Waals surface area contributed by atoms with Crippen LogP contribution in [0.5, 0.6) is 11.6 Å². The molecule has 0 aliphatic carbocycles. The highest BCUT2D eigenvalue weighted by Crippen LogP contribution is 2.34. The summed E-state index contributed by atoms with van der Waals surface area (Å²) in [6.45, 7) is 3.72. The highest BCUT2D eigenvalue weighted by atomic mass is 19.1. The van der Waals surface area contributed by atoms with E-state index in [4.69, 9.17) is 9.47 Å². The first-order valence-electron chi connectivity index (χ1n) is 8.74. The van der Waals surface area contributed by atoms with Crippen molar-refractivity contribution in [2.75, 3.05) is 39.7 Å². The first-order valence-corrected chi connectivity index (χ1v) is 8.74. The van der Waals surface area contributed by atoms with Crippen LogP contribution in [0.4, 0.5) is 10.3 Å². The van der Waals surface area contributed by atoms with Crippen molar-refractivity contribution in [2.45, 2.75) is 25.8 Å². The van der Waals surface area contributed by atoms with Gasteiger partial charge in [0.25, 0.3) is 0 Å². The fourth-order valence-corrected chi connectivity index (χ4v) is 3.36. The van der Waals surface area contributed by atoms with Gasteiger partial charge in [-0.3, -0.25) is 0 Å². The molecule has 1 aromatic heterocycles. The van der Waals surface area contributed by atoms with Gasteiger partial charge in [-0.25, -0.2) is 9.37 Å². The second-order valence-corrected chi connectivity index (χ2v) is 6.52.